The maximum Gasteiger partial charge on any atom is 0.141 e. The van der Waals surface area contributed by atoms with Gasteiger partial charge < -0.3 is 10.1 Å². The molecule has 84 valence electrons. The monoisotopic (exact) mass is 210 g/mol. The van der Waals surface area contributed by atoms with E-state index in [9.17, 15) is 0 Å². The third-order valence-electron chi connectivity index (χ3n) is 2.85. The highest BCUT2D eigenvalue weighted by Gasteiger charge is 2.32. The molecule has 0 aromatic carbocycles. The summed E-state index contributed by atoms with van der Waals surface area (Å²) >= 11 is 0. The van der Waals surface area contributed by atoms with Crippen LogP contribution in [0.4, 0.5) is 0 Å². The highest BCUT2D eigenvalue weighted by molar-refractivity contribution is 4.94. The van der Waals surface area contributed by atoms with Gasteiger partial charge in [-0.05, 0) is 25.7 Å². The number of methoxy groups -OCH3 is 1. The maximum atomic E-state index is 5.21. The second kappa shape index (κ2) is 4.72. The highest BCUT2D eigenvalue weighted by atomic mass is 16.5. The van der Waals surface area contributed by atoms with Crippen LogP contribution in [-0.4, -0.2) is 34.9 Å². The minimum Gasteiger partial charge on any atom is -0.383 e. The molecule has 5 nitrogen and oxygen atoms in total. The van der Waals surface area contributed by atoms with Crippen LogP contribution in [0.3, 0.4) is 0 Å². The fourth-order valence-electron chi connectivity index (χ4n) is 1.82. The number of hydrogen-bond acceptors (Lipinski definition) is 4. The summed E-state index contributed by atoms with van der Waals surface area (Å²) in [6, 6.07) is 0.642. The average Bonchev–Trinajstić information content (AvgIpc) is 2.92. The van der Waals surface area contributed by atoms with Gasteiger partial charge in [0.25, 0.3) is 0 Å². The fourth-order valence-corrected chi connectivity index (χ4v) is 1.82. The summed E-state index contributed by atoms with van der Waals surface area (Å²) < 4.78 is 5.21. The Labute approximate surface area is 89.6 Å². The van der Waals surface area contributed by atoms with Crippen molar-refractivity contribution < 1.29 is 4.74 Å². The van der Waals surface area contributed by atoms with Gasteiger partial charge in [0.1, 0.15) is 12.2 Å². The largest absolute Gasteiger partial charge is 0.383 e. The predicted molar refractivity (Wildman–Crippen MR) is 56.3 cm³/mol. The van der Waals surface area contributed by atoms with Gasteiger partial charge in [-0.15, -0.1) is 0 Å². The lowest BCUT2D eigenvalue weighted by Gasteiger charge is -2.21. The van der Waals surface area contributed by atoms with Gasteiger partial charge in [-0.25, -0.2) is 4.98 Å². The van der Waals surface area contributed by atoms with E-state index < -0.39 is 0 Å². The lowest BCUT2D eigenvalue weighted by Crippen LogP contribution is -2.37. The van der Waals surface area contributed by atoms with Crippen molar-refractivity contribution in [3.63, 3.8) is 0 Å². The zero-order chi connectivity index (χ0) is 10.7. The molecule has 1 aromatic heterocycles. The van der Waals surface area contributed by atoms with Crippen molar-refractivity contribution in [1.29, 1.82) is 0 Å². The van der Waals surface area contributed by atoms with Gasteiger partial charge in [-0.3, -0.25) is 5.10 Å². The Bertz CT molecular complexity index is 284. The summed E-state index contributed by atoms with van der Waals surface area (Å²) in [6.45, 7) is 2.86. The molecule has 0 amide bonds. The van der Waals surface area contributed by atoms with Gasteiger partial charge in [-0.2, -0.15) is 5.10 Å². The van der Waals surface area contributed by atoms with E-state index in [2.05, 4.69) is 27.4 Å². The van der Waals surface area contributed by atoms with Crippen molar-refractivity contribution >= 4 is 0 Å². The number of aromatic amines is 1. The molecular weight excluding hydrogens is 192 g/mol. The first-order chi connectivity index (χ1) is 7.31. The molecule has 1 fully saturated rings. The normalized spacial score (nSPS) is 20.1. The first-order valence-corrected chi connectivity index (χ1v) is 5.41. The first kappa shape index (κ1) is 10.6. The molecular formula is C10H18N4O. The Kier molecular flexibility index (Phi) is 3.33. The van der Waals surface area contributed by atoms with E-state index in [-0.39, 0.29) is 6.04 Å². The first-order valence-electron chi connectivity index (χ1n) is 5.41. The molecule has 1 heterocycles. The van der Waals surface area contributed by atoms with Crippen LogP contribution >= 0.6 is 0 Å². The van der Waals surface area contributed by atoms with Crippen LogP contribution in [0.25, 0.3) is 0 Å². The van der Waals surface area contributed by atoms with E-state index in [1.807, 2.05) is 0 Å². The van der Waals surface area contributed by atoms with E-state index in [4.69, 9.17) is 4.74 Å². The molecule has 0 aliphatic heterocycles. The second-order valence-electron chi connectivity index (χ2n) is 4.16. The van der Waals surface area contributed by atoms with Crippen molar-refractivity contribution in [3.05, 3.63) is 12.2 Å². The topological polar surface area (TPSA) is 62.8 Å². The van der Waals surface area contributed by atoms with E-state index in [1.165, 1.54) is 19.2 Å². The van der Waals surface area contributed by atoms with Crippen molar-refractivity contribution in [2.75, 3.05) is 13.7 Å². The summed E-state index contributed by atoms with van der Waals surface area (Å²) in [5, 5.41) is 10.3. The van der Waals surface area contributed by atoms with Crippen LogP contribution in [0.1, 0.15) is 31.6 Å². The predicted octanol–water partition coefficient (Wildman–Crippen LogP) is 0.880. The number of H-pyrrole nitrogens is 1. The molecule has 0 spiro atoms. The van der Waals surface area contributed by atoms with Gasteiger partial charge in [0.15, 0.2) is 0 Å². The Balaban J connectivity index is 1.88. The molecule has 2 rings (SSSR count). The number of aromatic nitrogens is 3. The van der Waals surface area contributed by atoms with Gasteiger partial charge in [0, 0.05) is 13.2 Å². The number of nitrogens with one attached hydrogen (secondary N) is 2. The summed E-state index contributed by atoms with van der Waals surface area (Å²) in [5.74, 6) is 1.66. The Morgan fingerprint density at radius 1 is 1.67 bits per heavy atom. The van der Waals surface area contributed by atoms with Crippen LogP contribution in [0.15, 0.2) is 6.33 Å². The van der Waals surface area contributed by atoms with Gasteiger partial charge in [0.2, 0.25) is 0 Å². The van der Waals surface area contributed by atoms with Gasteiger partial charge >= 0.3 is 0 Å². The van der Waals surface area contributed by atoms with E-state index in [0.717, 1.165) is 18.3 Å². The number of hydrogen-bond donors (Lipinski definition) is 2. The molecule has 0 saturated heterocycles. The highest BCUT2D eigenvalue weighted by Crippen LogP contribution is 2.33. The molecule has 2 unspecified atom stereocenters. The quantitative estimate of drug-likeness (QED) is 0.731. The van der Waals surface area contributed by atoms with Gasteiger partial charge in [-0.1, -0.05) is 0 Å². The second-order valence-corrected chi connectivity index (χ2v) is 4.16. The lowest BCUT2D eigenvalue weighted by molar-refractivity contribution is 0.152. The Morgan fingerprint density at radius 2 is 2.47 bits per heavy atom. The van der Waals surface area contributed by atoms with Crippen molar-refractivity contribution in [2.45, 2.75) is 31.8 Å². The molecule has 1 aliphatic rings. The zero-order valence-electron chi connectivity index (χ0n) is 9.23. The van der Waals surface area contributed by atoms with Crippen LogP contribution < -0.4 is 5.32 Å². The summed E-state index contributed by atoms with van der Waals surface area (Å²) in [6.07, 6.45) is 4.16. The molecule has 1 aromatic rings. The van der Waals surface area contributed by atoms with Gasteiger partial charge in [0.05, 0.1) is 12.6 Å². The van der Waals surface area contributed by atoms with Crippen LogP contribution in [0, 0.1) is 5.92 Å². The van der Waals surface area contributed by atoms with Crippen LogP contribution in [0.5, 0.6) is 0 Å². The number of rotatable bonds is 6. The molecule has 1 saturated carbocycles. The smallest absolute Gasteiger partial charge is 0.141 e. The Hall–Kier alpha value is -0.940. The molecule has 5 heteroatoms. The van der Waals surface area contributed by atoms with Crippen LogP contribution in [-0.2, 0) is 4.74 Å². The average molecular weight is 210 g/mol. The minimum absolute atomic E-state index is 0.202. The summed E-state index contributed by atoms with van der Waals surface area (Å²) in [7, 11) is 1.75. The van der Waals surface area contributed by atoms with Crippen molar-refractivity contribution in [3.8, 4) is 0 Å². The molecule has 15 heavy (non-hydrogen) atoms. The SMILES string of the molecule is COCC(NC(C)c1ncn[nH]1)C1CC1. The van der Waals surface area contributed by atoms with E-state index >= 15 is 0 Å². The van der Waals surface area contributed by atoms with Crippen molar-refractivity contribution in [2.24, 2.45) is 5.92 Å². The van der Waals surface area contributed by atoms with Crippen LogP contribution in [0.2, 0.25) is 0 Å². The van der Waals surface area contributed by atoms with E-state index in [1.54, 1.807) is 7.11 Å². The third-order valence-corrected chi connectivity index (χ3v) is 2.85. The zero-order valence-corrected chi connectivity index (χ0v) is 9.23. The molecule has 2 N–H and O–H groups in total. The number of ether oxygens (including phenoxy) is 1. The maximum absolute atomic E-state index is 5.21. The molecule has 1 aliphatic carbocycles. The number of nitrogens with zero attached hydrogens (tertiary/aromatic N) is 2. The lowest BCUT2D eigenvalue weighted by atomic mass is 10.1. The molecule has 0 radical (unpaired) electrons. The molecule has 2 atom stereocenters. The summed E-state index contributed by atoms with van der Waals surface area (Å²) in [5.41, 5.74) is 0. The molecule has 0 bridgehead atoms. The third kappa shape index (κ3) is 2.76. The van der Waals surface area contributed by atoms with Crippen molar-refractivity contribution in [1.82, 2.24) is 20.5 Å². The standard InChI is InChI=1S/C10H18N4O/c1-7(10-11-6-12-14-10)13-9(5-15-2)8-3-4-8/h6-9,13H,3-5H2,1-2H3,(H,11,12,14). The Morgan fingerprint density at radius 3 is 3.00 bits per heavy atom. The summed E-state index contributed by atoms with van der Waals surface area (Å²) in [4.78, 5) is 4.14. The van der Waals surface area contributed by atoms with E-state index in [0.29, 0.717) is 6.04 Å². The fraction of sp³-hybridized carbons (Fsp3) is 0.800. The minimum atomic E-state index is 0.202.